The maximum absolute atomic E-state index is 13.0. The molecular formula is C32H31F3N4O4. The number of benzene rings is 2. The number of fused-ring (bicyclic) bond motifs is 1. The molecule has 2 aliphatic rings. The minimum Gasteiger partial charge on any atom is -0.490 e. The molecule has 2 aromatic carbocycles. The fraction of sp³-hybridized carbons (Fsp3) is 0.344. The predicted molar refractivity (Wildman–Crippen MR) is 154 cm³/mol. The van der Waals surface area contributed by atoms with Crippen molar-refractivity contribution < 1.29 is 31.9 Å². The van der Waals surface area contributed by atoms with Crippen molar-refractivity contribution in [2.75, 3.05) is 31.1 Å². The largest absolute Gasteiger partial charge is 0.490 e. The van der Waals surface area contributed by atoms with E-state index in [0.717, 1.165) is 36.0 Å². The zero-order valence-electron chi connectivity index (χ0n) is 23.3. The molecule has 0 atom stereocenters. The zero-order valence-corrected chi connectivity index (χ0v) is 23.3. The number of alkyl halides is 3. The normalized spacial score (nSPS) is 16.8. The molecule has 2 amide bonds. The molecule has 11 heteroatoms. The van der Waals surface area contributed by atoms with Crippen LogP contribution < -0.4 is 15.0 Å². The van der Waals surface area contributed by atoms with Crippen molar-refractivity contribution in [2.45, 2.75) is 44.0 Å². The lowest BCUT2D eigenvalue weighted by atomic mass is 10.0. The van der Waals surface area contributed by atoms with Crippen molar-refractivity contribution in [3.63, 3.8) is 0 Å². The number of amides is 2. The van der Waals surface area contributed by atoms with Crippen LogP contribution in [0.3, 0.4) is 0 Å². The van der Waals surface area contributed by atoms with Crippen molar-refractivity contribution in [2.24, 2.45) is 0 Å². The predicted octanol–water partition coefficient (Wildman–Crippen LogP) is 5.93. The van der Waals surface area contributed by atoms with E-state index in [0.29, 0.717) is 55.9 Å². The Bertz CT molecular complexity index is 1570. The van der Waals surface area contributed by atoms with Crippen LogP contribution in [0.25, 0.3) is 11.0 Å². The fourth-order valence-electron chi connectivity index (χ4n) is 5.64. The van der Waals surface area contributed by atoms with Gasteiger partial charge >= 0.3 is 6.18 Å². The molecule has 0 aliphatic carbocycles. The van der Waals surface area contributed by atoms with Crippen LogP contribution in [0.1, 0.15) is 52.2 Å². The lowest BCUT2D eigenvalue weighted by Crippen LogP contribution is -2.46. The molecule has 0 radical (unpaired) electrons. The summed E-state index contributed by atoms with van der Waals surface area (Å²) in [7, 11) is 0. The molecule has 2 aromatic heterocycles. The van der Waals surface area contributed by atoms with E-state index in [4.69, 9.17) is 9.15 Å². The molecule has 0 bridgehead atoms. The Morgan fingerprint density at radius 2 is 1.58 bits per heavy atom. The average molecular weight is 593 g/mol. The number of hydrogen-bond donors (Lipinski definition) is 1. The molecule has 224 valence electrons. The molecule has 4 heterocycles. The highest BCUT2D eigenvalue weighted by Gasteiger charge is 2.31. The van der Waals surface area contributed by atoms with Crippen molar-refractivity contribution in [3.8, 4) is 5.75 Å². The van der Waals surface area contributed by atoms with E-state index in [1.807, 2.05) is 12.1 Å². The van der Waals surface area contributed by atoms with E-state index in [-0.39, 0.29) is 29.7 Å². The van der Waals surface area contributed by atoms with Crippen molar-refractivity contribution in [1.82, 2.24) is 15.2 Å². The smallest absolute Gasteiger partial charge is 0.416 e. The van der Waals surface area contributed by atoms with Crippen molar-refractivity contribution in [1.29, 1.82) is 0 Å². The highest BCUT2D eigenvalue weighted by molar-refractivity contribution is 5.96. The number of carbonyl (C=O) groups is 2. The molecular weight excluding hydrogens is 561 g/mol. The zero-order chi connectivity index (χ0) is 30.0. The van der Waals surface area contributed by atoms with Gasteiger partial charge < -0.3 is 24.3 Å². The third-order valence-corrected chi connectivity index (χ3v) is 8.06. The van der Waals surface area contributed by atoms with Crippen LogP contribution in [0.4, 0.5) is 18.9 Å². The number of piperidine rings is 2. The summed E-state index contributed by atoms with van der Waals surface area (Å²) < 4.78 is 50.7. The molecule has 2 fully saturated rings. The third-order valence-electron chi connectivity index (χ3n) is 8.06. The number of anilines is 1. The molecule has 6 rings (SSSR count). The Morgan fingerprint density at radius 3 is 2.26 bits per heavy atom. The number of carbonyl (C=O) groups excluding carboxylic acids is 2. The van der Waals surface area contributed by atoms with Crippen molar-refractivity contribution >= 4 is 28.5 Å². The number of rotatable bonds is 6. The van der Waals surface area contributed by atoms with Gasteiger partial charge in [0.25, 0.3) is 11.8 Å². The summed E-state index contributed by atoms with van der Waals surface area (Å²) in [6, 6.07) is 15.8. The maximum atomic E-state index is 13.0. The van der Waals surface area contributed by atoms with E-state index in [2.05, 4.69) is 15.2 Å². The summed E-state index contributed by atoms with van der Waals surface area (Å²) in [5.41, 5.74) is 1.26. The van der Waals surface area contributed by atoms with Crippen LogP contribution in [0.15, 0.2) is 77.5 Å². The number of aromatic nitrogens is 1. The number of halogens is 3. The lowest BCUT2D eigenvalue weighted by Gasteiger charge is -2.33. The van der Waals surface area contributed by atoms with Gasteiger partial charge in [0.15, 0.2) is 5.76 Å². The maximum Gasteiger partial charge on any atom is 0.416 e. The van der Waals surface area contributed by atoms with Crippen LogP contribution in [0.5, 0.6) is 5.75 Å². The molecule has 0 unspecified atom stereocenters. The van der Waals surface area contributed by atoms with Crippen LogP contribution >= 0.6 is 0 Å². The van der Waals surface area contributed by atoms with Crippen LogP contribution in [-0.4, -0.2) is 60.0 Å². The van der Waals surface area contributed by atoms with Gasteiger partial charge in [0.05, 0.1) is 5.56 Å². The van der Waals surface area contributed by atoms with E-state index in [1.54, 1.807) is 41.6 Å². The molecule has 43 heavy (non-hydrogen) atoms. The number of pyridine rings is 1. The summed E-state index contributed by atoms with van der Waals surface area (Å²) in [6.45, 7) is 2.44. The first-order valence-corrected chi connectivity index (χ1v) is 14.4. The molecule has 2 saturated heterocycles. The molecule has 0 spiro atoms. The van der Waals surface area contributed by atoms with Gasteiger partial charge in [-0.25, -0.2) is 0 Å². The number of likely N-dealkylation sites (tertiary alicyclic amines) is 1. The number of nitrogens with zero attached hydrogens (tertiary/aromatic N) is 3. The lowest BCUT2D eigenvalue weighted by molar-refractivity contribution is -0.137. The summed E-state index contributed by atoms with van der Waals surface area (Å²) in [5, 5.41) is 3.82. The monoisotopic (exact) mass is 592 g/mol. The number of nitrogens with one attached hydrogen (secondary N) is 1. The number of furan rings is 1. The number of ether oxygens (including phenoxy) is 1. The van der Waals surface area contributed by atoms with Gasteiger partial charge in [-0.3, -0.25) is 14.6 Å². The van der Waals surface area contributed by atoms with Gasteiger partial charge in [-0.15, -0.1) is 0 Å². The standard InChI is InChI=1S/C32H31F3N4O4/c33-32(34,35)23-2-4-25(5-3-23)38-17-11-26(12-18-38)42-27-6-1-22-19-29(43-28(22)20-27)30(40)37-24-9-15-39(16-10-24)31(41)21-7-13-36-14-8-21/h1-8,13-14,19-20,24,26H,9-12,15-18H2,(H,37,40). The minimum absolute atomic E-state index is 0.0350. The van der Waals surface area contributed by atoms with Gasteiger partial charge in [-0.1, -0.05) is 0 Å². The van der Waals surface area contributed by atoms with E-state index < -0.39 is 11.7 Å². The van der Waals surface area contributed by atoms with E-state index in [9.17, 15) is 22.8 Å². The Balaban J connectivity index is 0.997. The first-order chi connectivity index (χ1) is 20.7. The second-order valence-corrected chi connectivity index (χ2v) is 10.9. The Kier molecular flexibility index (Phi) is 7.96. The van der Waals surface area contributed by atoms with Crippen molar-refractivity contribution in [3.05, 3.63) is 89.9 Å². The summed E-state index contributed by atoms with van der Waals surface area (Å²) in [6.07, 6.45) is 1.55. The second kappa shape index (κ2) is 12.0. The van der Waals surface area contributed by atoms with Gasteiger partial charge in [-0.2, -0.15) is 13.2 Å². The fourth-order valence-corrected chi connectivity index (χ4v) is 5.64. The minimum atomic E-state index is -4.35. The number of hydrogen-bond acceptors (Lipinski definition) is 6. The average Bonchev–Trinajstić information content (AvgIpc) is 3.45. The van der Waals surface area contributed by atoms with Gasteiger partial charge in [0, 0.05) is 80.2 Å². The quantitative estimate of drug-likeness (QED) is 0.299. The highest BCUT2D eigenvalue weighted by Crippen LogP contribution is 2.32. The topological polar surface area (TPSA) is 87.9 Å². The summed E-state index contributed by atoms with van der Waals surface area (Å²) >= 11 is 0. The SMILES string of the molecule is O=C(NC1CCN(C(=O)c2ccncc2)CC1)c1cc2ccc(OC3CCN(c4ccc(C(F)(F)F)cc4)CC3)cc2o1. The molecule has 8 nitrogen and oxygen atoms in total. The Morgan fingerprint density at radius 1 is 0.884 bits per heavy atom. The van der Waals surface area contributed by atoms with Gasteiger partial charge in [0.2, 0.25) is 0 Å². The first-order valence-electron chi connectivity index (χ1n) is 14.4. The summed E-state index contributed by atoms with van der Waals surface area (Å²) in [4.78, 5) is 33.4. The van der Waals surface area contributed by atoms with Crippen LogP contribution in [0, 0.1) is 0 Å². The second-order valence-electron chi connectivity index (χ2n) is 10.9. The molecule has 1 N–H and O–H groups in total. The highest BCUT2D eigenvalue weighted by atomic mass is 19.4. The molecule has 2 aliphatic heterocycles. The van der Waals surface area contributed by atoms with E-state index in [1.165, 1.54) is 12.1 Å². The Labute approximate surface area is 246 Å². The molecule has 0 saturated carbocycles. The Hall–Kier alpha value is -4.54. The summed E-state index contributed by atoms with van der Waals surface area (Å²) in [5.74, 6) is 0.515. The van der Waals surface area contributed by atoms with Crippen LogP contribution in [-0.2, 0) is 6.18 Å². The van der Waals surface area contributed by atoms with Gasteiger partial charge in [-0.05, 0) is 67.4 Å². The molecule has 4 aromatic rings. The third kappa shape index (κ3) is 6.60. The van der Waals surface area contributed by atoms with E-state index >= 15 is 0 Å². The van der Waals surface area contributed by atoms with Gasteiger partial charge in [0.1, 0.15) is 17.4 Å². The van der Waals surface area contributed by atoms with Crippen LogP contribution in [0.2, 0.25) is 0 Å². The first kappa shape index (κ1) is 28.6.